The van der Waals surface area contributed by atoms with Gasteiger partial charge < -0.3 is 10.2 Å². The van der Waals surface area contributed by atoms with Crippen molar-refractivity contribution >= 4 is 17.3 Å². The molecule has 170 valence electrons. The first-order chi connectivity index (χ1) is 14.8. The van der Waals surface area contributed by atoms with E-state index in [0.29, 0.717) is 11.9 Å². The SMILES string of the molecule is Cc1c(C(=O)Nc2ccc(N(C)C)cc2C(F)(F)F)cnn1-c1ccc(C(F)(F)F)cn1. The third-order valence-corrected chi connectivity index (χ3v) is 4.62. The molecule has 1 N–H and O–H groups in total. The molecule has 2 heterocycles. The first-order valence-electron chi connectivity index (χ1n) is 9.07. The number of alkyl halides is 6. The zero-order chi connectivity index (χ0) is 23.8. The fourth-order valence-electron chi connectivity index (χ4n) is 2.89. The Morgan fingerprint density at radius 3 is 2.22 bits per heavy atom. The summed E-state index contributed by atoms with van der Waals surface area (Å²) in [5.41, 5.74) is -1.98. The predicted octanol–water partition coefficient (Wildman–Crippen LogP) is 4.93. The molecule has 3 aromatic rings. The largest absolute Gasteiger partial charge is 0.418 e. The van der Waals surface area contributed by atoms with Crippen molar-refractivity contribution in [3.63, 3.8) is 0 Å². The highest BCUT2D eigenvalue weighted by atomic mass is 19.4. The molecule has 32 heavy (non-hydrogen) atoms. The van der Waals surface area contributed by atoms with Crippen LogP contribution < -0.4 is 10.2 Å². The second-order valence-electron chi connectivity index (χ2n) is 7.03. The molecule has 12 heteroatoms. The molecule has 0 aliphatic rings. The number of pyridine rings is 1. The first-order valence-corrected chi connectivity index (χ1v) is 9.07. The summed E-state index contributed by atoms with van der Waals surface area (Å²) in [5.74, 6) is -0.843. The van der Waals surface area contributed by atoms with Gasteiger partial charge in [-0.05, 0) is 37.3 Å². The first kappa shape index (κ1) is 23.1. The summed E-state index contributed by atoms with van der Waals surface area (Å²) in [5, 5.41) is 6.17. The lowest BCUT2D eigenvalue weighted by atomic mass is 10.1. The standard InChI is InChI=1S/C20H17F6N5O/c1-11-14(10-28-31(11)17-7-4-12(9-27-17)19(21,22)23)18(32)29-16-6-5-13(30(2)3)8-15(16)20(24,25)26/h4-10H,1-3H3,(H,29,32). The van der Waals surface area contributed by atoms with Crippen LogP contribution in [0.25, 0.3) is 5.82 Å². The van der Waals surface area contributed by atoms with Crippen molar-refractivity contribution in [2.75, 3.05) is 24.3 Å². The summed E-state index contributed by atoms with van der Waals surface area (Å²) in [6.45, 7) is 1.45. The summed E-state index contributed by atoms with van der Waals surface area (Å²) in [7, 11) is 3.17. The maximum absolute atomic E-state index is 13.5. The van der Waals surface area contributed by atoms with Gasteiger partial charge in [-0.2, -0.15) is 31.4 Å². The lowest BCUT2D eigenvalue weighted by Gasteiger charge is -2.18. The molecule has 0 saturated carbocycles. The van der Waals surface area contributed by atoms with Gasteiger partial charge in [0.1, 0.15) is 0 Å². The lowest BCUT2D eigenvalue weighted by Crippen LogP contribution is -2.18. The van der Waals surface area contributed by atoms with Crippen LogP contribution in [-0.2, 0) is 12.4 Å². The third kappa shape index (κ3) is 4.68. The number of nitrogens with zero attached hydrogens (tertiary/aromatic N) is 4. The monoisotopic (exact) mass is 457 g/mol. The van der Waals surface area contributed by atoms with Gasteiger partial charge in [0.25, 0.3) is 5.91 Å². The molecule has 0 atom stereocenters. The molecular formula is C20H17F6N5O. The lowest BCUT2D eigenvalue weighted by molar-refractivity contribution is -0.138. The molecule has 0 bridgehead atoms. The molecule has 1 aromatic carbocycles. The highest BCUT2D eigenvalue weighted by Crippen LogP contribution is 2.37. The van der Waals surface area contributed by atoms with Crippen LogP contribution in [0.3, 0.4) is 0 Å². The molecule has 0 unspecified atom stereocenters. The van der Waals surface area contributed by atoms with Crippen molar-refractivity contribution in [3.05, 3.63) is 65.1 Å². The van der Waals surface area contributed by atoms with Gasteiger partial charge in [-0.25, -0.2) is 9.67 Å². The minimum atomic E-state index is -4.71. The van der Waals surface area contributed by atoms with Crippen molar-refractivity contribution in [3.8, 4) is 5.82 Å². The summed E-state index contributed by atoms with van der Waals surface area (Å²) in [6, 6.07) is 5.37. The van der Waals surface area contributed by atoms with Crippen LogP contribution in [-0.4, -0.2) is 34.8 Å². The average molecular weight is 457 g/mol. The van der Waals surface area contributed by atoms with Crippen molar-refractivity contribution in [1.82, 2.24) is 14.8 Å². The Morgan fingerprint density at radius 2 is 1.69 bits per heavy atom. The second kappa shape index (κ2) is 8.17. The van der Waals surface area contributed by atoms with Crippen molar-refractivity contribution in [2.45, 2.75) is 19.3 Å². The van der Waals surface area contributed by atoms with Crippen molar-refractivity contribution in [2.24, 2.45) is 0 Å². The van der Waals surface area contributed by atoms with Gasteiger partial charge in [0.15, 0.2) is 5.82 Å². The van der Waals surface area contributed by atoms with Crippen LogP contribution in [0.2, 0.25) is 0 Å². The van der Waals surface area contributed by atoms with E-state index in [1.807, 2.05) is 0 Å². The van der Waals surface area contributed by atoms with Gasteiger partial charge in [-0.3, -0.25) is 4.79 Å². The molecule has 6 nitrogen and oxygen atoms in total. The zero-order valence-corrected chi connectivity index (χ0v) is 17.0. The Morgan fingerprint density at radius 1 is 1.00 bits per heavy atom. The van der Waals surface area contributed by atoms with Gasteiger partial charge in [-0.15, -0.1) is 0 Å². The number of hydrogen-bond acceptors (Lipinski definition) is 4. The molecule has 1 amide bonds. The van der Waals surface area contributed by atoms with Crippen molar-refractivity contribution in [1.29, 1.82) is 0 Å². The number of nitrogens with one attached hydrogen (secondary N) is 1. The molecule has 0 aliphatic carbocycles. The maximum Gasteiger partial charge on any atom is 0.418 e. The molecule has 0 radical (unpaired) electrons. The quantitative estimate of drug-likeness (QED) is 0.565. The summed E-state index contributed by atoms with van der Waals surface area (Å²) >= 11 is 0. The molecule has 3 rings (SSSR count). The number of aromatic nitrogens is 3. The van der Waals surface area contributed by atoms with Crippen LogP contribution in [0.1, 0.15) is 27.2 Å². The summed E-state index contributed by atoms with van der Waals surface area (Å²) in [6.07, 6.45) is -7.55. The molecule has 0 saturated heterocycles. The predicted molar refractivity (Wildman–Crippen MR) is 105 cm³/mol. The minimum absolute atomic E-state index is 0.0147. The fourth-order valence-corrected chi connectivity index (χ4v) is 2.89. The molecular weight excluding hydrogens is 440 g/mol. The van der Waals surface area contributed by atoms with E-state index in [-0.39, 0.29) is 17.1 Å². The topological polar surface area (TPSA) is 63.1 Å². The van der Waals surface area contributed by atoms with Gasteiger partial charge in [0.2, 0.25) is 0 Å². The number of rotatable bonds is 4. The van der Waals surface area contributed by atoms with Crippen LogP contribution in [0.4, 0.5) is 37.7 Å². The van der Waals surface area contributed by atoms with Gasteiger partial charge in [-0.1, -0.05) is 0 Å². The Bertz CT molecular complexity index is 1130. The van der Waals surface area contributed by atoms with Crippen LogP contribution in [0, 0.1) is 6.92 Å². The second-order valence-corrected chi connectivity index (χ2v) is 7.03. The van der Waals surface area contributed by atoms with Gasteiger partial charge in [0, 0.05) is 26.0 Å². The average Bonchev–Trinajstić information content (AvgIpc) is 3.08. The van der Waals surface area contributed by atoms with E-state index in [4.69, 9.17) is 0 Å². The number of halogens is 6. The van der Waals surface area contributed by atoms with E-state index in [9.17, 15) is 31.1 Å². The van der Waals surface area contributed by atoms with Crippen molar-refractivity contribution < 1.29 is 31.1 Å². The Labute approximate surface area is 178 Å². The number of anilines is 2. The van der Waals surface area contributed by atoms with E-state index >= 15 is 0 Å². The van der Waals surface area contributed by atoms with E-state index in [1.54, 1.807) is 14.1 Å². The number of hydrogen-bond donors (Lipinski definition) is 1. The Hall–Kier alpha value is -3.57. The number of benzene rings is 1. The van der Waals surface area contributed by atoms with Crippen LogP contribution in [0.15, 0.2) is 42.7 Å². The Kier molecular flexibility index (Phi) is 5.90. The number of carbonyl (C=O) groups excluding carboxylic acids is 1. The zero-order valence-electron chi connectivity index (χ0n) is 17.0. The van der Waals surface area contributed by atoms with E-state index in [2.05, 4.69) is 15.4 Å². The smallest absolute Gasteiger partial charge is 0.378 e. The summed E-state index contributed by atoms with van der Waals surface area (Å²) < 4.78 is 79.7. The van der Waals surface area contributed by atoms with E-state index < -0.39 is 35.1 Å². The fraction of sp³-hybridized carbons (Fsp3) is 0.250. The molecule has 2 aromatic heterocycles. The van der Waals surface area contributed by atoms with Gasteiger partial charge in [0.05, 0.1) is 34.3 Å². The van der Waals surface area contributed by atoms with E-state index in [0.717, 1.165) is 35.1 Å². The molecule has 0 aliphatic heterocycles. The molecule has 0 fully saturated rings. The number of amides is 1. The third-order valence-electron chi connectivity index (χ3n) is 4.62. The van der Waals surface area contributed by atoms with Crippen LogP contribution in [0.5, 0.6) is 0 Å². The van der Waals surface area contributed by atoms with E-state index in [1.165, 1.54) is 17.9 Å². The Balaban J connectivity index is 1.90. The normalized spacial score (nSPS) is 12.0. The highest BCUT2D eigenvalue weighted by Gasteiger charge is 2.35. The van der Waals surface area contributed by atoms with Crippen LogP contribution >= 0.6 is 0 Å². The molecule has 0 spiro atoms. The highest BCUT2D eigenvalue weighted by molar-refractivity contribution is 6.05. The van der Waals surface area contributed by atoms with Gasteiger partial charge >= 0.3 is 12.4 Å². The summed E-state index contributed by atoms with van der Waals surface area (Å²) in [4.78, 5) is 17.8. The minimum Gasteiger partial charge on any atom is -0.378 e. The number of carbonyl (C=O) groups is 1. The maximum atomic E-state index is 13.5.